The number of methoxy groups -OCH3 is 1. The first kappa shape index (κ1) is 23.5. The molecule has 3 atom stereocenters. The maximum atomic E-state index is 13.3. The van der Waals surface area contributed by atoms with Gasteiger partial charge < -0.3 is 20.1 Å². The van der Waals surface area contributed by atoms with Crippen LogP contribution in [0.1, 0.15) is 48.6 Å². The largest absolute Gasteiger partial charge is 0.497 e. The summed E-state index contributed by atoms with van der Waals surface area (Å²) in [4.78, 5) is 26.3. The smallest absolute Gasteiger partial charge is 0.233 e. The molecule has 6 nitrogen and oxygen atoms in total. The maximum absolute atomic E-state index is 13.3. The molecule has 2 amide bonds. The SMILES string of the molecule is COc1ccc(C2C(CCC(O)c3ccccc3)C(=O)N2c2ccc(CNC(C)=O)cc2)cc1. The molecule has 1 heterocycles. The van der Waals surface area contributed by atoms with E-state index >= 15 is 0 Å². The number of carbonyl (C=O) groups excluding carboxylic acids is 2. The first-order chi connectivity index (χ1) is 16.5. The lowest BCUT2D eigenvalue weighted by Crippen LogP contribution is -2.55. The molecule has 3 aromatic rings. The zero-order chi connectivity index (χ0) is 24.1. The van der Waals surface area contributed by atoms with Gasteiger partial charge in [0.15, 0.2) is 0 Å². The summed E-state index contributed by atoms with van der Waals surface area (Å²) in [6.07, 6.45) is 0.492. The third-order valence-electron chi connectivity index (χ3n) is 6.36. The van der Waals surface area contributed by atoms with E-state index < -0.39 is 6.10 Å². The van der Waals surface area contributed by atoms with Gasteiger partial charge in [0.2, 0.25) is 11.8 Å². The van der Waals surface area contributed by atoms with E-state index in [1.54, 1.807) is 7.11 Å². The van der Waals surface area contributed by atoms with Crippen LogP contribution in [0, 0.1) is 5.92 Å². The number of aliphatic hydroxyl groups is 1. The molecule has 4 rings (SSSR count). The van der Waals surface area contributed by atoms with E-state index in [2.05, 4.69) is 5.32 Å². The molecule has 0 bridgehead atoms. The van der Waals surface area contributed by atoms with Gasteiger partial charge in [0.25, 0.3) is 0 Å². The van der Waals surface area contributed by atoms with Crippen molar-refractivity contribution in [3.05, 3.63) is 95.6 Å². The number of benzene rings is 3. The summed E-state index contributed by atoms with van der Waals surface area (Å²) >= 11 is 0. The molecule has 0 saturated carbocycles. The van der Waals surface area contributed by atoms with Crippen LogP contribution in [-0.2, 0) is 16.1 Å². The molecule has 0 aliphatic carbocycles. The fraction of sp³-hybridized carbons (Fsp3) is 0.286. The lowest BCUT2D eigenvalue weighted by atomic mass is 9.78. The molecular weight excluding hydrogens is 428 g/mol. The van der Waals surface area contributed by atoms with E-state index in [4.69, 9.17) is 4.74 Å². The monoisotopic (exact) mass is 458 g/mol. The topological polar surface area (TPSA) is 78.9 Å². The molecular formula is C28H30N2O4. The Morgan fingerprint density at radius 3 is 2.32 bits per heavy atom. The second-order valence-electron chi connectivity index (χ2n) is 8.61. The van der Waals surface area contributed by atoms with E-state index in [0.717, 1.165) is 28.1 Å². The van der Waals surface area contributed by atoms with E-state index in [1.807, 2.05) is 83.8 Å². The Balaban J connectivity index is 1.53. The van der Waals surface area contributed by atoms with Gasteiger partial charge in [-0.15, -0.1) is 0 Å². The number of hydrogen-bond donors (Lipinski definition) is 2. The highest BCUT2D eigenvalue weighted by Gasteiger charge is 2.48. The van der Waals surface area contributed by atoms with Crippen LogP contribution in [0.25, 0.3) is 0 Å². The lowest BCUT2D eigenvalue weighted by molar-refractivity contribution is -0.131. The van der Waals surface area contributed by atoms with Gasteiger partial charge in [-0.2, -0.15) is 0 Å². The zero-order valence-electron chi connectivity index (χ0n) is 19.5. The molecule has 1 fully saturated rings. The molecule has 0 spiro atoms. The fourth-order valence-electron chi connectivity index (χ4n) is 4.48. The Kier molecular flexibility index (Phi) is 7.28. The minimum atomic E-state index is -0.604. The molecule has 2 N–H and O–H groups in total. The number of ether oxygens (including phenoxy) is 1. The number of nitrogens with one attached hydrogen (secondary N) is 1. The van der Waals surface area contributed by atoms with Crippen LogP contribution in [0.5, 0.6) is 5.75 Å². The van der Waals surface area contributed by atoms with E-state index in [0.29, 0.717) is 19.4 Å². The normalized spacial score (nSPS) is 18.2. The second-order valence-corrected chi connectivity index (χ2v) is 8.61. The van der Waals surface area contributed by atoms with Crippen molar-refractivity contribution in [2.45, 2.75) is 38.5 Å². The quantitative estimate of drug-likeness (QED) is 0.461. The predicted molar refractivity (Wildman–Crippen MR) is 131 cm³/mol. The van der Waals surface area contributed by atoms with Crippen molar-refractivity contribution in [1.82, 2.24) is 5.32 Å². The van der Waals surface area contributed by atoms with E-state index in [1.165, 1.54) is 6.92 Å². The lowest BCUT2D eigenvalue weighted by Gasteiger charge is -2.48. The molecule has 3 aromatic carbocycles. The van der Waals surface area contributed by atoms with Gasteiger partial charge in [-0.3, -0.25) is 9.59 Å². The van der Waals surface area contributed by atoms with Crippen LogP contribution in [0.2, 0.25) is 0 Å². The highest BCUT2D eigenvalue weighted by Crippen LogP contribution is 2.46. The third kappa shape index (κ3) is 5.13. The van der Waals surface area contributed by atoms with Crippen molar-refractivity contribution in [3.8, 4) is 5.75 Å². The Labute approximate surface area is 200 Å². The zero-order valence-corrected chi connectivity index (χ0v) is 19.5. The number of hydrogen-bond acceptors (Lipinski definition) is 4. The fourth-order valence-corrected chi connectivity index (χ4v) is 4.48. The first-order valence-electron chi connectivity index (χ1n) is 11.5. The molecule has 1 saturated heterocycles. The summed E-state index contributed by atoms with van der Waals surface area (Å²) in [6.45, 7) is 1.94. The number of amides is 2. The second kappa shape index (κ2) is 10.5. The highest BCUT2D eigenvalue weighted by molar-refractivity contribution is 6.03. The Hall–Kier alpha value is -3.64. The van der Waals surface area contributed by atoms with Gasteiger partial charge in [-0.25, -0.2) is 0 Å². The molecule has 3 unspecified atom stereocenters. The summed E-state index contributed by atoms with van der Waals surface area (Å²) in [5, 5.41) is 13.4. The van der Waals surface area contributed by atoms with Crippen LogP contribution in [0.3, 0.4) is 0 Å². The number of nitrogens with zero attached hydrogens (tertiary/aromatic N) is 1. The van der Waals surface area contributed by atoms with Crippen molar-refractivity contribution >= 4 is 17.5 Å². The summed E-state index contributed by atoms with van der Waals surface area (Å²) in [7, 11) is 1.63. The third-order valence-corrected chi connectivity index (χ3v) is 6.36. The van der Waals surface area contributed by atoms with Gasteiger partial charge in [0.05, 0.1) is 25.2 Å². The van der Waals surface area contributed by atoms with Gasteiger partial charge >= 0.3 is 0 Å². The minimum Gasteiger partial charge on any atom is -0.497 e. The standard InChI is InChI=1S/C28H30N2O4/c1-19(31)29-18-20-8-12-23(13-9-20)30-27(22-10-14-24(34-2)15-11-22)25(28(30)33)16-17-26(32)21-6-4-3-5-7-21/h3-15,25-27,32H,16-18H2,1-2H3,(H,29,31). The van der Waals surface area contributed by atoms with Gasteiger partial charge in [-0.05, 0) is 53.8 Å². The van der Waals surface area contributed by atoms with Crippen LogP contribution < -0.4 is 15.0 Å². The number of rotatable bonds is 9. The summed E-state index contributed by atoms with van der Waals surface area (Å²) < 4.78 is 5.30. The van der Waals surface area contributed by atoms with Crippen molar-refractivity contribution in [3.63, 3.8) is 0 Å². The molecule has 1 aliphatic rings. The predicted octanol–water partition coefficient (Wildman–Crippen LogP) is 4.55. The van der Waals surface area contributed by atoms with E-state index in [-0.39, 0.29) is 23.8 Å². The Morgan fingerprint density at radius 2 is 1.71 bits per heavy atom. The minimum absolute atomic E-state index is 0.0516. The maximum Gasteiger partial charge on any atom is 0.233 e. The van der Waals surface area contributed by atoms with Crippen LogP contribution >= 0.6 is 0 Å². The van der Waals surface area contributed by atoms with Crippen molar-refractivity contribution < 1.29 is 19.4 Å². The average Bonchev–Trinajstić information content (AvgIpc) is 2.87. The molecule has 176 valence electrons. The Bertz CT molecular complexity index is 1110. The number of aliphatic hydroxyl groups excluding tert-OH is 1. The van der Waals surface area contributed by atoms with Crippen molar-refractivity contribution in [2.24, 2.45) is 5.92 Å². The Morgan fingerprint density at radius 1 is 1.03 bits per heavy atom. The highest BCUT2D eigenvalue weighted by atomic mass is 16.5. The first-order valence-corrected chi connectivity index (χ1v) is 11.5. The van der Waals surface area contributed by atoms with Crippen molar-refractivity contribution in [2.75, 3.05) is 12.0 Å². The molecule has 1 aliphatic heterocycles. The summed E-state index contributed by atoms with van der Waals surface area (Å²) in [6, 6.07) is 24.9. The van der Waals surface area contributed by atoms with Gasteiger partial charge in [-0.1, -0.05) is 54.6 Å². The van der Waals surface area contributed by atoms with E-state index in [9.17, 15) is 14.7 Å². The van der Waals surface area contributed by atoms with Crippen LogP contribution in [-0.4, -0.2) is 24.0 Å². The molecule has 34 heavy (non-hydrogen) atoms. The van der Waals surface area contributed by atoms with Crippen LogP contribution in [0.4, 0.5) is 5.69 Å². The number of β-lactam (4-membered cyclic amide) rings is 1. The average molecular weight is 459 g/mol. The number of anilines is 1. The number of carbonyl (C=O) groups is 2. The molecule has 0 radical (unpaired) electrons. The van der Waals surface area contributed by atoms with Gasteiger partial charge in [0, 0.05) is 19.2 Å². The van der Waals surface area contributed by atoms with Gasteiger partial charge in [0.1, 0.15) is 5.75 Å². The van der Waals surface area contributed by atoms with Crippen molar-refractivity contribution in [1.29, 1.82) is 0 Å². The van der Waals surface area contributed by atoms with Crippen LogP contribution in [0.15, 0.2) is 78.9 Å². The summed E-state index contributed by atoms with van der Waals surface area (Å²) in [5.41, 5.74) is 3.68. The molecule has 6 heteroatoms. The molecule has 0 aromatic heterocycles. The summed E-state index contributed by atoms with van der Waals surface area (Å²) in [5.74, 6) is 0.517.